The number of alkyl halides is 3. The highest BCUT2D eigenvalue weighted by Crippen LogP contribution is 2.33. The Hall–Kier alpha value is -1.72. The number of anilines is 1. The Morgan fingerprint density at radius 3 is 2.53 bits per heavy atom. The molecule has 19 heavy (non-hydrogen) atoms. The van der Waals surface area contributed by atoms with Crippen LogP contribution in [0, 0.1) is 6.92 Å². The van der Waals surface area contributed by atoms with Crippen LogP contribution in [0.15, 0.2) is 18.2 Å². The van der Waals surface area contributed by atoms with E-state index in [0.717, 1.165) is 25.3 Å². The molecule has 0 unspecified atom stereocenters. The van der Waals surface area contributed by atoms with Crippen molar-refractivity contribution in [3.05, 3.63) is 29.3 Å². The first-order chi connectivity index (χ1) is 8.86. The van der Waals surface area contributed by atoms with Gasteiger partial charge in [-0.1, -0.05) is 6.07 Å². The zero-order chi connectivity index (χ0) is 14.0. The number of hydrogen-bond acceptors (Lipinski definition) is 1. The standard InChI is InChI=1S/C13H15F3N2O/c1-8-5-6-10(7-11(8)13(14,15)16)18-12(19)17-9-3-2-4-9/h5-7,9H,2-4H2,1H3,(H2,17,18,19). The largest absolute Gasteiger partial charge is 0.416 e. The van der Waals surface area contributed by atoms with E-state index in [1.54, 1.807) is 0 Å². The summed E-state index contributed by atoms with van der Waals surface area (Å²) in [4.78, 5) is 11.6. The Morgan fingerprint density at radius 1 is 1.32 bits per heavy atom. The van der Waals surface area contributed by atoms with Crippen molar-refractivity contribution >= 4 is 11.7 Å². The van der Waals surface area contributed by atoms with Crippen molar-refractivity contribution in [1.82, 2.24) is 5.32 Å². The highest BCUT2D eigenvalue weighted by Gasteiger charge is 2.32. The van der Waals surface area contributed by atoms with Crippen molar-refractivity contribution in [3.8, 4) is 0 Å². The van der Waals surface area contributed by atoms with E-state index < -0.39 is 17.8 Å². The lowest BCUT2D eigenvalue weighted by molar-refractivity contribution is -0.138. The van der Waals surface area contributed by atoms with Crippen LogP contribution in [-0.4, -0.2) is 12.1 Å². The van der Waals surface area contributed by atoms with Gasteiger partial charge in [0, 0.05) is 11.7 Å². The van der Waals surface area contributed by atoms with Gasteiger partial charge in [-0.25, -0.2) is 4.79 Å². The molecule has 0 bridgehead atoms. The van der Waals surface area contributed by atoms with E-state index >= 15 is 0 Å². The topological polar surface area (TPSA) is 41.1 Å². The van der Waals surface area contributed by atoms with Gasteiger partial charge in [0.25, 0.3) is 0 Å². The second-order valence-electron chi connectivity index (χ2n) is 4.75. The highest BCUT2D eigenvalue weighted by atomic mass is 19.4. The van der Waals surface area contributed by atoms with E-state index in [9.17, 15) is 18.0 Å². The Morgan fingerprint density at radius 2 is 2.00 bits per heavy atom. The monoisotopic (exact) mass is 272 g/mol. The van der Waals surface area contributed by atoms with Gasteiger partial charge in [-0.15, -0.1) is 0 Å². The average Bonchev–Trinajstić information content (AvgIpc) is 2.25. The Kier molecular flexibility index (Phi) is 3.68. The van der Waals surface area contributed by atoms with Crippen LogP contribution in [0.25, 0.3) is 0 Å². The molecule has 0 saturated heterocycles. The molecular weight excluding hydrogens is 257 g/mol. The van der Waals surface area contributed by atoms with Crippen molar-refractivity contribution < 1.29 is 18.0 Å². The molecule has 2 amide bonds. The van der Waals surface area contributed by atoms with E-state index in [4.69, 9.17) is 0 Å². The first kappa shape index (κ1) is 13.7. The minimum Gasteiger partial charge on any atom is -0.335 e. The number of nitrogens with one attached hydrogen (secondary N) is 2. The van der Waals surface area contributed by atoms with Crippen LogP contribution < -0.4 is 10.6 Å². The Balaban J connectivity index is 2.06. The molecule has 1 aromatic carbocycles. The maximum absolute atomic E-state index is 12.7. The van der Waals surface area contributed by atoms with E-state index in [0.29, 0.717) is 0 Å². The molecule has 0 radical (unpaired) electrons. The molecule has 0 atom stereocenters. The predicted molar refractivity (Wildman–Crippen MR) is 66.0 cm³/mol. The molecule has 1 aliphatic rings. The molecular formula is C13H15F3N2O. The minimum atomic E-state index is -4.41. The molecule has 0 aliphatic heterocycles. The summed E-state index contributed by atoms with van der Waals surface area (Å²) in [5, 5.41) is 5.14. The molecule has 0 aromatic heterocycles. The smallest absolute Gasteiger partial charge is 0.335 e. The van der Waals surface area contributed by atoms with E-state index in [1.807, 2.05) is 0 Å². The number of halogens is 3. The van der Waals surface area contributed by atoms with Crippen molar-refractivity contribution in [2.75, 3.05) is 5.32 Å². The summed E-state index contributed by atoms with van der Waals surface area (Å²) in [5.41, 5.74) is -0.443. The summed E-state index contributed by atoms with van der Waals surface area (Å²) in [6, 6.07) is 3.46. The number of benzene rings is 1. The fourth-order valence-electron chi connectivity index (χ4n) is 1.91. The normalized spacial score (nSPS) is 15.8. The van der Waals surface area contributed by atoms with Gasteiger partial charge in [-0.05, 0) is 43.9 Å². The maximum Gasteiger partial charge on any atom is 0.416 e. The van der Waals surface area contributed by atoms with Gasteiger partial charge in [-0.2, -0.15) is 13.2 Å². The summed E-state index contributed by atoms with van der Waals surface area (Å²) in [6.07, 6.45) is -1.48. The van der Waals surface area contributed by atoms with E-state index in [1.165, 1.54) is 19.1 Å². The number of amides is 2. The van der Waals surface area contributed by atoms with Crippen LogP contribution in [0.3, 0.4) is 0 Å². The minimum absolute atomic E-state index is 0.137. The van der Waals surface area contributed by atoms with E-state index in [2.05, 4.69) is 10.6 Å². The number of aryl methyl sites for hydroxylation is 1. The summed E-state index contributed by atoms with van der Waals surface area (Å²) in [5.74, 6) is 0. The highest BCUT2D eigenvalue weighted by molar-refractivity contribution is 5.89. The third kappa shape index (κ3) is 3.39. The molecule has 2 N–H and O–H groups in total. The van der Waals surface area contributed by atoms with Gasteiger partial charge in [-0.3, -0.25) is 0 Å². The van der Waals surface area contributed by atoms with Gasteiger partial charge in [0.05, 0.1) is 5.56 Å². The van der Waals surface area contributed by atoms with E-state index in [-0.39, 0.29) is 17.3 Å². The zero-order valence-electron chi connectivity index (χ0n) is 10.5. The molecule has 1 aromatic rings. The number of urea groups is 1. The number of carbonyl (C=O) groups excluding carboxylic acids is 1. The van der Waals surface area contributed by atoms with Crippen molar-refractivity contribution in [2.24, 2.45) is 0 Å². The molecule has 6 heteroatoms. The SMILES string of the molecule is Cc1ccc(NC(=O)NC2CCC2)cc1C(F)(F)F. The predicted octanol–water partition coefficient (Wildman–Crippen LogP) is 3.69. The van der Waals surface area contributed by atoms with Crippen LogP contribution in [0.5, 0.6) is 0 Å². The zero-order valence-corrected chi connectivity index (χ0v) is 10.5. The number of rotatable bonds is 2. The van der Waals surface area contributed by atoms with Crippen molar-refractivity contribution in [1.29, 1.82) is 0 Å². The lowest BCUT2D eigenvalue weighted by atomic mass is 9.93. The molecule has 104 valence electrons. The second-order valence-corrected chi connectivity index (χ2v) is 4.75. The molecule has 1 saturated carbocycles. The summed E-state index contributed by atoms with van der Waals surface area (Å²) in [7, 11) is 0. The second kappa shape index (κ2) is 5.11. The summed E-state index contributed by atoms with van der Waals surface area (Å²) >= 11 is 0. The quantitative estimate of drug-likeness (QED) is 0.847. The summed E-state index contributed by atoms with van der Waals surface area (Å²) < 4.78 is 38.1. The van der Waals surface area contributed by atoms with Crippen molar-refractivity contribution in [3.63, 3.8) is 0 Å². The van der Waals surface area contributed by atoms with Crippen LogP contribution >= 0.6 is 0 Å². The summed E-state index contributed by atoms with van der Waals surface area (Å²) in [6.45, 7) is 1.39. The van der Waals surface area contributed by atoms with Crippen LogP contribution in [0.4, 0.5) is 23.7 Å². The van der Waals surface area contributed by atoms with Gasteiger partial charge in [0.2, 0.25) is 0 Å². The van der Waals surface area contributed by atoms with Gasteiger partial charge >= 0.3 is 12.2 Å². The van der Waals surface area contributed by atoms with Gasteiger partial charge < -0.3 is 10.6 Å². The van der Waals surface area contributed by atoms with Gasteiger partial charge in [0.15, 0.2) is 0 Å². The third-order valence-electron chi connectivity index (χ3n) is 3.24. The first-order valence-electron chi connectivity index (χ1n) is 6.11. The molecule has 1 fully saturated rings. The lowest BCUT2D eigenvalue weighted by Crippen LogP contribution is -2.41. The Bertz CT molecular complexity index is 481. The average molecular weight is 272 g/mol. The molecule has 1 aliphatic carbocycles. The molecule has 0 heterocycles. The van der Waals surface area contributed by atoms with Gasteiger partial charge in [0.1, 0.15) is 0 Å². The number of carbonyl (C=O) groups is 1. The van der Waals surface area contributed by atoms with Crippen LogP contribution in [0.2, 0.25) is 0 Å². The first-order valence-corrected chi connectivity index (χ1v) is 6.11. The Labute approximate surface area is 109 Å². The fourth-order valence-corrected chi connectivity index (χ4v) is 1.91. The van der Waals surface area contributed by atoms with Crippen molar-refractivity contribution in [2.45, 2.75) is 38.4 Å². The molecule has 3 nitrogen and oxygen atoms in total. The van der Waals surface area contributed by atoms with Crippen LogP contribution in [-0.2, 0) is 6.18 Å². The number of hydrogen-bond donors (Lipinski definition) is 2. The molecule has 2 rings (SSSR count). The van der Waals surface area contributed by atoms with Crippen LogP contribution in [0.1, 0.15) is 30.4 Å². The maximum atomic E-state index is 12.7. The molecule has 0 spiro atoms. The third-order valence-corrected chi connectivity index (χ3v) is 3.24. The fraction of sp³-hybridized carbons (Fsp3) is 0.462. The lowest BCUT2D eigenvalue weighted by Gasteiger charge is -2.26.